The molecule has 0 spiro atoms. The fourth-order valence-corrected chi connectivity index (χ4v) is 3.33. The third kappa shape index (κ3) is 4.22. The molecule has 3 N–H and O–H groups in total. The second-order valence-electron chi connectivity index (χ2n) is 6.75. The molecule has 6 nitrogen and oxygen atoms in total. The van der Waals surface area contributed by atoms with Crippen molar-refractivity contribution in [2.75, 3.05) is 12.4 Å². The van der Waals surface area contributed by atoms with Gasteiger partial charge in [-0.25, -0.2) is 13.8 Å². The van der Waals surface area contributed by atoms with Crippen LogP contribution < -0.4 is 15.4 Å². The van der Waals surface area contributed by atoms with Crippen LogP contribution in [0.2, 0.25) is 0 Å². The van der Waals surface area contributed by atoms with Gasteiger partial charge < -0.3 is 15.0 Å². The van der Waals surface area contributed by atoms with Crippen molar-refractivity contribution in [3.05, 3.63) is 77.4 Å². The molecule has 4 rings (SSSR count). The summed E-state index contributed by atoms with van der Waals surface area (Å²) in [7, 11) is 0.832. The van der Waals surface area contributed by atoms with E-state index in [-0.39, 0.29) is 5.11 Å². The number of aromatic amines is 1. The number of H-pyrrole nitrogens is 1. The van der Waals surface area contributed by atoms with Gasteiger partial charge in [0.05, 0.1) is 18.1 Å². The zero-order valence-electron chi connectivity index (χ0n) is 16.8. The van der Waals surface area contributed by atoms with Gasteiger partial charge in [0.15, 0.2) is 22.5 Å². The standard InChI is InChI=1S/C22H14F4N4O2S/c1-32-19-17(25)15(23)14(16(24)18(19)26)21(31)30-22(33)27-11-8-6-10(7-9-11)20-28-12-4-2-3-5-13(12)29-20/h2-9H,1H3,(H,28,29)(H2,27,30,31,33). The number of imidazole rings is 1. The molecule has 11 heteroatoms. The number of nitrogens with one attached hydrogen (secondary N) is 3. The van der Waals surface area contributed by atoms with Gasteiger partial charge in [-0.2, -0.15) is 8.78 Å². The fourth-order valence-electron chi connectivity index (χ4n) is 3.12. The average molecular weight is 474 g/mol. The zero-order valence-corrected chi connectivity index (χ0v) is 17.6. The number of methoxy groups -OCH3 is 1. The number of fused-ring (bicyclic) bond motifs is 1. The minimum atomic E-state index is -1.90. The van der Waals surface area contributed by atoms with E-state index < -0.39 is 40.5 Å². The first kappa shape index (κ1) is 22.2. The Morgan fingerprint density at radius 1 is 0.970 bits per heavy atom. The molecule has 0 unspecified atom stereocenters. The highest BCUT2D eigenvalue weighted by atomic mass is 32.1. The van der Waals surface area contributed by atoms with E-state index in [2.05, 4.69) is 20.0 Å². The smallest absolute Gasteiger partial charge is 0.263 e. The van der Waals surface area contributed by atoms with Crippen LogP contribution in [0.15, 0.2) is 48.5 Å². The summed E-state index contributed by atoms with van der Waals surface area (Å²) in [4.78, 5) is 19.9. The van der Waals surface area contributed by atoms with Crippen molar-refractivity contribution in [1.29, 1.82) is 0 Å². The number of ether oxygens (including phenoxy) is 1. The molecule has 0 aliphatic rings. The number of carbonyl (C=O) groups is 1. The Hall–Kier alpha value is -3.99. The molecule has 0 aliphatic carbocycles. The van der Waals surface area contributed by atoms with Gasteiger partial charge >= 0.3 is 0 Å². The van der Waals surface area contributed by atoms with Crippen molar-refractivity contribution in [2.24, 2.45) is 0 Å². The molecule has 1 aromatic heterocycles. The van der Waals surface area contributed by atoms with E-state index >= 15 is 0 Å². The molecule has 3 aromatic carbocycles. The fraction of sp³-hybridized carbons (Fsp3) is 0.0455. The topological polar surface area (TPSA) is 79.0 Å². The van der Waals surface area contributed by atoms with Crippen LogP contribution in [-0.4, -0.2) is 28.1 Å². The first-order valence-electron chi connectivity index (χ1n) is 9.37. The van der Waals surface area contributed by atoms with Crippen molar-refractivity contribution in [1.82, 2.24) is 15.3 Å². The van der Waals surface area contributed by atoms with Gasteiger partial charge in [-0.1, -0.05) is 12.1 Å². The highest BCUT2D eigenvalue weighted by molar-refractivity contribution is 7.80. The summed E-state index contributed by atoms with van der Waals surface area (Å²) in [5, 5.41) is 4.30. The monoisotopic (exact) mass is 474 g/mol. The summed E-state index contributed by atoms with van der Waals surface area (Å²) in [5.74, 6) is -9.56. The van der Waals surface area contributed by atoms with Crippen molar-refractivity contribution in [2.45, 2.75) is 0 Å². The van der Waals surface area contributed by atoms with Crippen LogP contribution in [0.5, 0.6) is 5.75 Å². The van der Waals surface area contributed by atoms with Gasteiger partial charge in [0, 0.05) is 11.3 Å². The Morgan fingerprint density at radius 3 is 2.21 bits per heavy atom. The quantitative estimate of drug-likeness (QED) is 0.222. The number of nitrogens with zero attached hydrogens (tertiary/aromatic N) is 1. The van der Waals surface area contributed by atoms with E-state index in [4.69, 9.17) is 12.2 Å². The summed E-state index contributed by atoms with van der Waals surface area (Å²) in [6.45, 7) is 0. The van der Waals surface area contributed by atoms with Crippen LogP contribution in [0.3, 0.4) is 0 Å². The predicted octanol–water partition coefficient (Wildman–Crippen LogP) is 4.92. The highest BCUT2D eigenvalue weighted by Crippen LogP contribution is 2.29. The van der Waals surface area contributed by atoms with Gasteiger partial charge in [-0.3, -0.25) is 10.1 Å². The number of para-hydroxylation sites is 2. The molecule has 33 heavy (non-hydrogen) atoms. The number of halogens is 4. The number of rotatable bonds is 4. The van der Waals surface area contributed by atoms with Crippen LogP contribution >= 0.6 is 12.2 Å². The Morgan fingerprint density at radius 2 is 1.61 bits per heavy atom. The summed E-state index contributed by atoms with van der Waals surface area (Å²) < 4.78 is 60.2. The van der Waals surface area contributed by atoms with Crippen LogP contribution in [0, 0.1) is 23.3 Å². The number of hydrogen-bond acceptors (Lipinski definition) is 4. The number of carbonyl (C=O) groups excluding carboxylic acids is 1. The molecule has 0 aliphatic heterocycles. The lowest BCUT2D eigenvalue weighted by Crippen LogP contribution is -2.35. The summed E-state index contributed by atoms with van der Waals surface area (Å²) in [5.41, 5.74) is 1.44. The minimum Gasteiger partial charge on any atom is -0.491 e. The average Bonchev–Trinajstić information content (AvgIpc) is 3.23. The SMILES string of the molecule is COc1c(F)c(F)c(C(=O)NC(=S)Nc2ccc(-c3nc4ccccc4[nH]3)cc2)c(F)c1F. The normalized spacial score (nSPS) is 10.8. The molecule has 0 bridgehead atoms. The second-order valence-corrected chi connectivity index (χ2v) is 7.16. The lowest BCUT2D eigenvalue weighted by Gasteiger charge is -2.13. The predicted molar refractivity (Wildman–Crippen MR) is 118 cm³/mol. The van der Waals surface area contributed by atoms with E-state index in [1.54, 1.807) is 24.3 Å². The Balaban J connectivity index is 1.47. The number of benzene rings is 3. The van der Waals surface area contributed by atoms with Gasteiger partial charge in [-0.15, -0.1) is 0 Å². The third-order valence-electron chi connectivity index (χ3n) is 4.69. The first-order valence-corrected chi connectivity index (χ1v) is 9.78. The van der Waals surface area contributed by atoms with Crippen LogP contribution in [0.1, 0.15) is 10.4 Å². The lowest BCUT2D eigenvalue weighted by molar-refractivity contribution is 0.0966. The molecule has 0 radical (unpaired) electrons. The molecule has 168 valence electrons. The maximum Gasteiger partial charge on any atom is 0.263 e. The van der Waals surface area contributed by atoms with Crippen molar-refractivity contribution in [3.8, 4) is 17.1 Å². The lowest BCUT2D eigenvalue weighted by atomic mass is 10.1. The van der Waals surface area contributed by atoms with E-state index in [0.717, 1.165) is 23.7 Å². The van der Waals surface area contributed by atoms with Crippen LogP contribution in [0.4, 0.5) is 23.2 Å². The molecule has 0 saturated heterocycles. The van der Waals surface area contributed by atoms with E-state index in [0.29, 0.717) is 11.5 Å². The summed E-state index contributed by atoms with van der Waals surface area (Å²) in [6, 6.07) is 14.3. The van der Waals surface area contributed by atoms with Gasteiger partial charge in [0.1, 0.15) is 11.4 Å². The Labute approximate surface area is 189 Å². The maximum atomic E-state index is 14.1. The molecular weight excluding hydrogens is 460 g/mol. The third-order valence-corrected chi connectivity index (χ3v) is 4.89. The van der Waals surface area contributed by atoms with Crippen LogP contribution in [0.25, 0.3) is 22.4 Å². The van der Waals surface area contributed by atoms with Gasteiger partial charge in [0.25, 0.3) is 5.91 Å². The maximum absolute atomic E-state index is 14.1. The second kappa shape index (κ2) is 8.87. The van der Waals surface area contributed by atoms with Crippen molar-refractivity contribution < 1.29 is 27.1 Å². The number of thiocarbonyl (C=S) groups is 1. The highest BCUT2D eigenvalue weighted by Gasteiger charge is 2.30. The summed E-state index contributed by atoms with van der Waals surface area (Å²) >= 11 is 4.96. The van der Waals surface area contributed by atoms with E-state index in [1.165, 1.54) is 0 Å². The number of amides is 1. The van der Waals surface area contributed by atoms with Gasteiger partial charge in [-0.05, 0) is 48.6 Å². The number of hydrogen-bond donors (Lipinski definition) is 3. The van der Waals surface area contributed by atoms with Crippen LogP contribution in [-0.2, 0) is 0 Å². The Bertz CT molecular complexity index is 1330. The molecule has 0 fully saturated rings. The largest absolute Gasteiger partial charge is 0.491 e. The van der Waals surface area contributed by atoms with Crippen molar-refractivity contribution in [3.63, 3.8) is 0 Å². The Kier molecular flexibility index (Phi) is 5.97. The van der Waals surface area contributed by atoms with E-state index in [9.17, 15) is 22.4 Å². The molecular formula is C22H14F4N4O2S. The minimum absolute atomic E-state index is 0.341. The van der Waals surface area contributed by atoms with Gasteiger partial charge in [0.2, 0.25) is 11.6 Å². The zero-order chi connectivity index (χ0) is 23.7. The molecule has 0 atom stereocenters. The molecule has 1 heterocycles. The number of anilines is 1. The first-order chi connectivity index (χ1) is 15.8. The van der Waals surface area contributed by atoms with E-state index in [1.807, 2.05) is 29.6 Å². The van der Waals surface area contributed by atoms with Crippen molar-refractivity contribution >= 4 is 40.0 Å². The molecule has 4 aromatic rings. The number of aromatic nitrogens is 2. The summed E-state index contributed by atoms with van der Waals surface area (Å²) in [6.07, 6.45) is 0. The molecule has 1 amide bonds. The molecule has 0 saturated carbocycles.